The van der Waals surface area contributed by atoms with Gasteiger partial charge in [0, 0.05) is 18.7 Å². The van der Waals surface area contributed by atoms with Crippen molar-refractivity contribution >= 4 is 23.3 Å². The van der Waals surface area contributed by atoms with E-state index in [-0.39, 0.29) is 24.7 Å². The molecule has 0 N–H and O–H groups in total. The van der Waals surface area contributed by atoms with Gasteiger partial charge in [0.05, 0.1) is 25.2 Å². The molecule has 0 radical (unpaired) electrons. The van der Waals surface area contributed by atoms with Crippen LogP contribution in [0, 0.1) is 5.92 Å². The van der Waals surface area contributed by atoms with E-state index in [0.717, 1.165) is 0 Å². The van der Waals surface area contributed by atoms with Crippen LogP contribution < -0.4 is 14.4 Å². The van der Waals surface area contributed by atoms with Gasteiger partial charge in [0.15, 0.2) is 6.61 Å². The molecule has 7 heteroatoms. The number of hydrogen-bond donors (Lipinski definition) is 0. The predicted molar refractivity (Wildman–Crippen MR) is 106 cm³/mol. The molecule has 1 heterocycles. The first-order valence-corrected chi connectivity index (χ1v) is 9.39. The molecule has 7 nitrogen and oxygen atoms in total. The smallest absolute Gasteiger partial charge is 0.311 e. The summed E-state index contributed by atoms with van der Waals surface area (Å²) in [6.07, 6.45) is 0.0505. The summed E-state index contributed by atoms with van der Waals surface area (Å²) in [4.78, 5) is 38.6. The molecule has 1 amide bonds. The second-order valence-electron chi connectivity index (χ2n) is 6.56. The van der Waals surface area contributed by atoms with Gasteiger partial charge >= 0.3 is 5.97 Å². The van der Waals surface area contributed by atoms with Crippen molar-refractivity contribution in [3.05, 3.63) is 54.1 Å². The molecule has 1 aliphatic heterocycles. The standard InChI is InChI=1S/C22H23NO6/c1-3-28-17-10-8-16(9-11-17)23-13-15(12-21(23)25)22(26)29-14-19(24)18-6-4-5-7-20(18)27-2/h4-11,15H,3,12-14H2,1-2H3. The average molecular weight is 397 g/mol. The number of methoxy groups -OCH3 is 1. The summed E-state index contributed by atoms with van der Waals surface area (Å²) in [5, 5.41) is 0. The zero-order chi connectivity index (χ0) is 20.8. The van der Waals surface area contributed by atoms with E-state index in [1.807, 2.05) is 6.92 Å². The minimum Gasteiger partial charge on any atom is -0.496 e. The summed E-state index contributed by atoms with van der Waals surface area (Å²) in [7, 11) is 1.47. The number of esters is 1. The van der Waals surface area contributed by atoms with Crippen LogP contribution in [0.15, 0.2) is 48.5 Å². The number of carbonyl (C=O) groups excluding carboxylic acids is 3. The van der Waals surface area contributed by atoms with E-state index < -0.39 is 18.5 Å². The van der Waals surface area contributed by atoms with Gasteiger partial charge in [-0.15, -0.1) is 0 Å². The lowest BCUT2D eigenvalue weighted by molar-refractivity contribution is -0.147. The van der Waals surface area contributed by atoms with Crippen LogP contribution >= 0.6 is 0 Å². The highest BCUT2D eigenvalue weighted by atomic mass is 16.5. The second kappa shape index (κ2) is 9.23. The molecule has 152 valence electrons. The van der Waals surface area contributed by atoms with Gasteiger partial charge in [-0.1, -0.05) is 12.1 Å². The Labute approximate surface area is 169 Å². The number of ketones is 1. The van der Waals surface area contributed by atoms with E-state index >= 15 is 0 Å². The molecule has 2 aromatic rings. The van der Waals surface area contributed by atoms with E-state index in [1.54, 1.807) is 53.4 Å². The summed E-state index contributed by atoms with van der Waals surface area (Å²) >= 11 is 0. The van der Waals surface area contributed by atoms with E-state index in [9.17, 15) is 14.4 Å². The quantitative estimate of drug-likeness (QED) is 0.503. The Morgan fingerprint density at radius 3 is 2.52 bits per heavy atom. The van der Waals surface area contributed by atoms with E-state index in [2.05, 4.69) is 0 Å². The molecular formula is C22H23NO6. The van der Waals surface area contributed by atoms with Gasteiger partial charge in [0.25, 0.3) is 0 Å². The monoisotopic (exact) mass is 397 g/mol. The first-order chi connectivity index (χ1) is 14.0. The third-order valence-electron chi connectivity index (χ3n) is 4.67. The van der Waals surface area contributed by atoms with Gasteiger partial charge < -0.3 is 19.1 Å². The number of amides is 1. The lowest BCUT2D eigenvalue weighted by Crippen LogP contribution is -2.27. The van der Waals surface area contributed by atoms with Crippen LogP contribution in [0.2, 0.25) is 0 Å². The summed E-state index contributed by atoms with van der Waals surface area (Å²) in [6.45, 7) is 2.28. The zero-order valence-electron chi connectivity index (χ0n) is 16.4. The number of carbonyl (C=O) groups is 3. The normalized spacial score (nSPS) is 15.9. The van der Waals surface area contributed by atoms with Crippen LogP contribution in [0.5, 0.6) is 11.5 Å². The third-order valence-corrected chi connectivity index (χ3v) is 4.67. The Balaban J connectivity index is 1.58. The Kier molecular flexibility index (Phi) is 6.49. The molecule has 29 heavy (non-hydrogen) atoms. The number of nitrogens with zero attached hydrogens (tertiary/aromatic N) is 1. The fraction of sp³-hybridized carbons (Fsp3) is 0.318. The Morgan fingerprint density at radius 2 is 1.83 bits per heavy atom. The highest BCUT2D eigenvalue weighted by molar-refractivity contribution is 6.02. The molecule has 0 aromatic heterocycles. The first kappa shape index (κ1) is 20.4. The maximum absolute atomic E-state index is 12.4. The highest BCUT2D eigenvalue weighted by Crippen LogP contribution is 2.27. The molecule has 2 aromatic carbocycles. The molecule has 1 aliphatic rings. The van der Waals surface area contributed by atoms with Crippen LogP contribution in [-0.4, -0.2) is 44.5 Å². The van der Waals surface area contributed by atoms with Gasteiger partial charge in [-0.05, 0) is 43.3 Å². The molecule has 1 saturated heterocycles. The van der Waals surface area contributed by atoms with Crippen molar-refractivity contribution < 1.29 is 28.6 Å². The van der Waals surface area contributed by atoms with Gasteiger partial charge in [0.2, 0.25) is 11.7 Å². The van der Waals surface area contributed by atoms with Crippen LogP contribution in [0.1, 0.15) is 23.7 Å². The molecule has 3 rings (SSSR count). The van der Waals surface area contributed by atoms with Gasteiger partial charge in [-0.3, -0.25) is 14.4 Å². The van der Waals surface area contributed by atoms with Crippen molar-refractivity contribution in [2.45, 2.75) is 13.3 Å². The fourth-order valence-electron chi connectivity index (χ4n) is 3.21. The molecule has 1 fully saturated rings. The number of benzene rings is 2. The topological polar surface area (TPSA) is 82.1 Å². The summed E-state index contributed by atoms with van der Waals surface area (Å²) < 4.78 is 15.7. The number of Topliss-reactive ketones (excluding diaryl/α,β-unsaturated/α-hetero) is 1. The number of anilines is 1. The summed E-state index contributed by atoms with van der Waals surface area (Å²) in [5.41, 5.74) is 1.04. The lowest BCUT2D eigenvalue weighted by atomic mass is 10.1. The lowest BCUT2D eigenvalue weighted by Gasteiger charge is -2.17. The highest BCUT2D eigenvalue weighted by Gasteiger charge is 2.36. The van der Waals surface area contributed by atoms with Crippen molar-refractivity contribution in [2.75, 3.05) is 31.8 Å². The molecule has 0 bridgehead atoms. The van der Waals surface area contributed by atoms with Crippen molar-refractivity contribution in [2.24, 2.45) is 5.92 Å². The van der Waals surface area contributed by atoms with Crippen molar-refractivity contribution in [1.82, 2.24) is 0 Å². The minimum absolute atomic E-state index is 0.0505. The largest absolute Gasteiger partial charge is 0.496 e. The Bertz CT molecular complexity index is 892. The first-order valence-electron chi connectivity index (χ1n) is 9.39. The van der Waals surface area contributed by atoms with E-state index in [1.165, 1.54) is 7.11 Å². The molecule has 0 aliphatic carbocycles. The van der Waals surface area contributed by atoms with E-state index in [0.29, 0.717) is 29.4 Å². The zero-order valence-corrected chi connectivity index (χ0v) is 16.4. The van der Waals surface area contributed by atoms with Gasteiger partial charge in [0.1, 0.15) is 11.5 Å². The van der Waals surface area contributed by atoms with Gasteiger partial charge in [-0.25, -0.2) is 0 Å². The van der Waals surface area contributed by atoms with Crippen molar-refractivity contribution in [3.63, 3.8) is 0 Å². The number of para-hydroxylation sites is 1. The van der Waals surface area contributed by atoms with Crippen LogP contribution in [0.25, 0.3) is 0 Å². The number of ether oxygens (including phenoxy) is 3. The molecule has 0 spiro atoms. The van der Waals surface area contributed by atoms with Crippen LogP contribution in [-0.2, 0) is 14.3 Å². The second-order valence-corrected chi connectivity index (χ2v) is 6.56. The molecule has 1 unspecified atom stereocenters. The maximum Gasteiger partial charge on any atom is 0.311 e. The SMILES string of the molecule is CCOc1ccc(N2CC(C(=O)OCC(=O)c3ccccc3OC)CC2=O)cc1. The van der Waals surface area contributed by atoms with Crippen molar-refractivity contribution in [1.29, 1.82) is 0 Å². The number of rotatable bonds is 8. The molecule has 1 atom stereocenters. The molecule has 0 saturated carbocycles. The number of hydrogen-bond acceptors (Lipinski definition) is 6. The van der Waals surface area contributed by atoms with Crippen LogP contribution in [0.3, 0.4) is 0 Å². The Morgan fingerprint density at radius 1 is 1.10 bits per heavy atom. The Hall–Kier alpha value is -3.35. The third kappa shape index (κ3) is 4.74. The maximum atomic E-state index is 12.4. The van der Waals surface area contributed by atoms with Gasteiger partial charge in [-0.2, -0.15) is 0 Å². The van der Waals surface area contributed by atoms with E-state index in [4.69, 9.17) is 14.2 Å². The minimum atomic E-state index is -0.612. The van der Waals surface area contributed by atoms with Crippen molar-refractivity contribution in [3.8, 4) is 11.5 Å². The van der Waals surface area contributed by atoms with Crippen LogP contribution in [0.4, 0.5) is 5.69 Å². The molecular weight excluding hydrogens is 374 g/mol. The predicted octanol–water partition coefficient (Wildman–Crippen LogP) is 2.87. The summed E-state index contributed by atoms with van der Waals surface area (Å²) in [6, 6.07) is 13.9. The average Bonchev–Trinajstić information content (AvgIpc) is 3.14. The fourth-order valence-corrected chi connectivity index (χ4v) is 3.21. The summed E-state index contributed by atoms with van der Waals surface area (Å²) in [5.74, 6) is -0.551.